The lowest BCUT2D eigenvalue weighted by Crippen LogP contribution is -2.46. The summed E-state index contributed by atoms with van der Waals surface area (Å²) in [5, 5.41) is 3.06. The van der Waals surface area contributed by atoms with Crippen LogP contribution in [0.25, 0.3) is 0 Å². The van der Waals surface area contributed by atoms with Crippen molar-refractivity contribution in [2.75, 3.05) is 19.6 Å². The van der Waals surface area contributed by atoms with Crippen molar-refractivity contribution in [1.29, 1.82) is 0 Å². The van der Waals surface area contributed by atoms with E-state index >= 15 is 0 Å². The van der Waals surface area contributed by atoms with E-state index in [-0.39, 0.29) is 23.6 Å². The number of nitrogens with zero attached hydrogens (tertiary/aromatic N) is 1. The average Bonchev–Trinajstić information content (AvgIpc) is 3.22. The summed E-state index contributed by atoms with van der Waals surface area (Å²) in [5.41, 5.74) is -0.434. The number of alkyl halides is 3. The molecule has 1 N–H and O–H groups in total. The molecule has 0 radical (unpaired) electrons. The Hall–Kier alpha value is -2.48. The minimum Gasteiger partial charge on any atom is -0.433 e. The van der Waals surface area contributed by atoms with Gasteiger partial charge in [0, 0.05) is 30.8 Å². The second kappa shape index (κ2) is 6.92. The molecular weight excluding hydrogens is 361 g/mol. The van der Waals surface area contributed by atoms with Gasteiger partial charge in [-0.2, -0.15) is 13.2 Å². The molecule has 1 amide bonds. The van der Waals surface area contributed by atoms with E-state index in [2.05, 4.69) is 10.2 Å². The van der Waals surface area contributed by atoms with Crippen molar-refractivity contribution in [1.82, 2.24) is 10.2 Å². The van der Waals surface area contributed by atoms with Crippen molar-refractivity contribution >= 4 is 5.91 Å². The molecule has 8 heteroatoms. The van der Waals surface area contributed by atoms with Crippen LogP contribution in [0.5, 0.6) is 11.7 Å². The summed E-state index contributed by atoms with van der Waals surface area (Å²) in [7, 11) is 0. The highest BCUT2D eigenvalue weighted by Crippen LogP contribution is 2.34. The highest BCUT2D eigenvalue weighted by Gasteiger charge is 2.34. The molecule has 0 saturated carbocycles. The van der Waals surface area contributed by atoms with Crippen LogP contribution in [0.2, 0.25) is 0 Å². The van der Waals surface area contributed by atoms with E-state index < -0.39 is 11.7 Å². The molecule has 0 aliphatic carbocycles. The van der Waals surface area contributed by atoms with E-state index in [1.807, 2.05) is 0 Å². The number of carbonyl (C=O) groups is 1. The molecule has 2 fully saturated rings. The fraction of sp³-hybridized carbons (Fsp3) is 0.421. The summed E-state index contributed by atoms with van der Waals surface area (Å²) in [6.07, 6.45) is -1.68. The molecule has 144 valence electrons. The third-order valence-corrected chi connectivity index (χ3v) is 5.04. The summed E-state index contributed by atoms with van der Waals surface area (Å²) in [4.78, 5) is 14.8. The van der Waals surface area contributed by atoms with Gasteiger partial charge in [0.15, 0.2) is 0 Å². The molecule has 3 atom stereocenters. The van der Waals surface area contributed by atoms with E-state index in [4.69, 9.17) is 9.15 Å². The summed E-state index contributed by atoms with van der Waals surface area (Å²) in [5.74, 6) is 0.531. The van der Waals surface area contributed by atoms with Crippen LogP contribution in [0, 0.1) is 5.92 Å². The zero-order chi connectivity index (χ0) is 19.0. The van der Waals surface area contributed by atoms with Crippen molar-refractivity contribution in [3.63, 3.8) is 0 Å². The molecule has 3 heterocycles. The molecule has 2 saturated heterocycles. The quantitative estimate of drug-likeness (QED) is 0.874. The molecule has 27 heavy (non-hydrogen) atoms. The van der Waals surface area contributed by atoms with Gasteiger partial charge in [-0.05, 0) is 49.6 Å². The molecule has 2 bridgehead atoms. The zero-order valence-electron chi connectivity index (χ0n) is 14.5. The Labute approximate surface area is 154 Å². The minimum absolute atomic E-state index is 0.151. The normalized spacial score (nSPS) is 24.6. The lowest BCUT2D eigenvalue weighted by atomic mass is 9.96. The third kappa shape index (κ3) is 4.10. The Morgan fingerprint density at radius 3 is 2.67 bits per heavy atom. The molecule has 2 aliphatic rings. The minimum atomic E-state index is -4.48. The third-order valence-electron chi connectivity index (χ3n) is 5.04. The smallest absolute Gasteiger partial charge is 0.419 e. The second-order valence-electron chi connectivity index (χ2n) is 7.10. The molecule has 1 unspecified atom stereocenters. The van der Waals surface area contributed by atoms with Gasteiger partial charge in [0.1, 0.15) is 12.0 Å². The SMILES string of the molecule is O=C(N[C@@H]1C[C@@H]2CCN(C2)C1)c1ccc(Oc2cc(C(F)(F)F)co2)cc1. The van der Waals surface area contributed by atoms with Crippen molar-refractivity contribution in [2.45, 2.75) is 25.1 Å². The van der Waals surface area contributed by atoms with Crippen molar-refractivity contribution < 1.29 is 27.1 Å². The average molecular weight is 380 g/mol. The Morgan fingerprint density at radius 2 is 2.00 bits per heavy atom. The van der Waals surface area contributed by atoms with Crippen LogP contribution >= 0.6 is 0 Å². The maximum Gasteiger partial charge on any atom is 0.419 e. The number of halogens is 3. The lowest BCUT2D eigenvalue weighted by Gasteiger charge is -2.30. The first-order chi connectivity index (χ1) is 12.9. The van der Waals surface area contributed by atoms with Gasteiger partial charge >= 0.3 is 6.18 Å². The summed E-state index contributed by atoms with van der Waals surface area (Å²) in [6, 6.07) is 7.15. The highest BCUT2D eigenvalue weighted by atomic mass is 19.4. The van der Waals surface area contributed by atoms with Gasteiger partial charge in [-0.15, -0.1) is 0 Å². The summed E-state index contributed by atoms with van der Waals surface area (Å²) < 4.78 is 47.7. The number of amides is 1. The van der Waals surface area contributed by atoms with Crippen LogP contribution in [-0.2, 0) is 6.18 Å². The van der Waals surface area contributed by atoms with Crippen LogP contribution in [0.1, 0.15) is 28.8 Å². The molecule has 2 aromatic rings. The first-order valence-corrected chi connectivity index (χ1v) is 8.84. The Balaban J connectivity index is 1.35. The predicted molar refractivity (Wildman–Crippen MR) is 90.6 cm³/mol. The van der Waals surface area contributed by atoms with Gasteiger partial charge in [-0.1, -0.05) is 0 Å². The van der Waals surface area contributed by atoms with Gasteiger partial charge in [0.05, 0.1) is 5.56 Å². The van der Waals surface area contributed by atoms with Gasteiger partial charge in [-0.3, -0.25) is 4.79 Å². The summed E-state index contributed by atoms with van der Waals surface area (Å²) >= 11 is 0. The van der Waals surface area contributed by atoms with E-state index in [0.29, 0.717) is 17.7 Å². The zero-order valence-corrected chi connectivity index (χ0v) is 14.5. The molecule has 1 aromatic heterocycles. The van der Waals surface area contributed by atoms with Crippen molar-refractivity contribution in [2.24, 2.45) is 5.92 Å². The fourth-order valence-electron chi connectivity index (χ4n) is 3.74. The first kappa shape index (κ1) is 17.9. The fourth-order valence-corrected chi connectivity index (χ4v) is 3.74. The number of rotatable bonds is 4. The van der Waals surface area contributed by atoms with Crippen LogP contribution in [0.3, 0.4) is 0 Å². The molecular formula is C19H19F3N2O3. The largest absolute Gasteiger partial charge is 0.433 e. The van der Waals surface area contributed by atoms with Crippen molar-refractivity contribution in [3.8, 4) is 11.7 Å². The van der Waals surface area contributed by atoms with E-state index in [9.17, 15) is 18.0 Å². The van der Waals surface area contributed by atoms with Crippen molar-refractivity contribution in [3.05, 3.63) is 47.7 Å². The Kier molecular flexibility index (Phi) is 4.59. The first-order valence-electron chi connectivity index (χ1n) is 8.84. The standard InChI is InChI=1S/C19H19F3N2O3/c20-19(21,22)14-8-17(26-11-14)27-16-3-1-13(2-4-16)18(25)23-15-7-12-5-6-24(9-12)10-15/h1-4,8,11-12,15H,5-7,9-10H2,(H,23,25)/t12-,15+/m0/s1. The number of benzene rings is 1. The second-order valence-corrected chi connectivity index (χ2v) is 7.10. The number of fused-ring (bicyclic) bond motifs is 2. The predicted octanol–water partition coefficient (Wildman–Crippen LogP) is 3.91. The highest BCUT2D eigenvalue weighted by molar-refractivity contribution is 5.94. The van der Waals surface area contributed by atoms with Crippen LogP contribution in [0.15, 0.2) is 41.0 Å². The summed E-state index contributed by atoms with van der Waals surface area (Å²) in [6.45, 7) is 3.11. The van der Waals surface area contributed by atoms with Gasteiger partial charge < -0.3 is 19.4 Å². The molecule has 0 spiro atoms. The number of nitrogens with one attached hydrogen (secondary N) is 1. The number of piperidine rings is 1. The van der Waals surface area contributed by atoms with Gasteiger partial charge in [-0.25, -0.2) is 0 Å². The van der Waals surface area contributed by atoms with Gasteiger partial charge in [0.2, 0.25) is 0 Å². The lowest BCUT2D eigenvalue weighted by molar-refractivity contribution is -0.137. The monoisotopic (exact) mass is 380 g/mol. The number of ether oxygens (including phenoxy) is 1. The number of carbonyl (C=O) groups excluding carboxylic acids is 1. The Morgan fingerprint density at radius 1 is 1.22 bits per heavy atom. The van der Waals surface area contributed by atoms with Crippen LogP contribution in [0.4, 0.5) is 13.2 Å². The maximum atomic E-state index is 12.6. The number of hydrogen-bond donors (Lipinski definition) is 1. The Bertz CT molecular complexity index is 804. The molecule has 2 aliphatic heterocycles. The van der Waals surface area contributed by atoms with Crippen LogP contribution < -0.4 is 10.1 Å². The van der Waals surface area contributed by atoms with Crippen LogP contribution in [-0.4, -0.2) is 36.5 Å². The van der Waals surface area contributed by atoms with E-state index in [0.717, 1.165) is 32.1 Å². The van der Waals surface area contributed by atoms with Gasteiger partial charge in [0.25, 0.3) is 11.9 Å². The topological polar surface area (TPSA) is 54.7 Å². The number of furan rings is 1. The molecule has 1 aromatic carbocycles. The maximum absolute atomic E-state index is 12.6. The molecule has 5 nitrogen and oxygen atoms in total. The molecule has 4 rings (SSSR count). The number of hydrogen-bond acceptors (Lipinski definition) is 4. The van der Waals surface area contributed by atoms with E-state index in [1.165, 1.54) is 18.6 Å². The van der Waals surface area contributed by atoms with E-state index in [1.54, 1.807) is 12.1 Å².